The molecule has 0 aromatic carbocycles. The van der Waals surface area contributed by atoms with Crippen molar-refractivity contribution in [3.63, 3.8) is 0 Å². The Labute approximate surface area is 70.3 Å². The fourth-order valence-electron chi connectivity index (χ4n) is 1.18. The molecule has 2 atom stereocenters. The first-order valence-electron chi connectivity index (χ1n) is 3.66. The molecule has 1 aliphatic heterocycles. The summed E-state index contributed by atoms with van der Waals surface area (Å²) in [6.45, 7) is 1.69. The van der Waals surface area contributed by atoms with E-state index < -0.39 is 17.4 Å². The zero-order valence-electron chi connectivity index (χ0n) is 6.54. The Hall–Kier alpha value is -0.220. The van der Waals surface area contributed by atoms with E-state index in [4.69, 9.17) is 10.8 Å². The highest BCUT2D eigenvalue weighted by Crippen LogP contribution is 2.31. The van der Waals surface area contributed by atoms with Crippen LogP contribution in [0.2, 0.25) is 0 Å². The highest BCUT2D eigenvalue weighted by Gasteiger charge is 2.39. The lowest BCUT2D eigenvalue weighted by Crippen LogP contribution is -2.49. The second-order valence-corrected chi connectivity index (χ2v) is 4.20. The first-order chi connectivity index (χ1) is 5.06. The van der Waals surface area contributed by atoms with E-state index in [0.717, 1.165) is 17.9 Å². The van der Waals surface area contributed by atoms with E-state index in [9.17, 15) is 4.79 Å². The Balaban J connectivity index is 2.63. The fraction of sp³-hybridized carbons (Fsp3) is 0.857. The Bertz CT molecular complexity index is 166. The summed E-state index contributed by atoms with van der Waals surface area (Å²) < 4.78 is 0. The minimum absolute atomic E-state index is 0.419. The van der Waals surface area contributed by atoms with Gasteiger partial charge in [-0.2, -0.15) is 11.8 Å². The second-order valence-electron chi connectivity index (χ2n) is 3.10. The monoisotopic (exact) mass is 175 g/mol. The molecule has 0 spiro atoms. The van der Waals surface area contributed by atoms with Gasteiger partial charge in [0.1, 0.15) is 0 Å². The molecule has 1 saturated heterocycles. The van der Waals surface area contributed by atoms with E-state index in [1.165, 1.54) is 0 Å². The molecule has 0 amide bonds. The number of thioether (sulfide) groups is 1. The molecule has 4 heteroatoms. The van der Waals surface area contributed by atoms with Crippen molar-refractivity contribution in [3.8, 4) is 0 Å². The van der Waals surface area contributed by atoms with Gasteiger partial charge in [-0.05, 0) is 12.2 Å². The Kier molecular flexibility index (Phi) is 2.44. The zero-order valence-corrected chi connectivity index (χ0v) is 7.36. The quantitative estimate of drug-likeness (QED) is 0.643. The summed E-state index contributed by atoms with van der Waals surface area (Å²) in [7, 11) is 0. The lowest BCUT2D eigenvalue weighted by atomic mass is 9.86. The van der Waals surface area contributed by atoms with Gasteiger partial charge in [-0.1, -0.05) is 6.92 Å². The molecule has 3 nitrogen and oxygen atoms in total. The number of carboxylic acid groups (broad SMARTS) is 1. The molecule has 0 aromatic heterocycles. The van der Waals surface area contributed by atoms with Gasteiger partial charge < -0.3 is 10.8 Å². The normalized spacial score (nSPS) is 33.6. The van der Waals surface area contributed by atoms with E-state index >= 15 is 0 Å². The number of carbonyl (C=O) groups is 1. The fourth-order valence-corrected chi connectivity index (χ4v) is 2.63. The predicted molar refractivity (Wildman–Crippen MR) is 45.7 cm³/mol. The maximum Gasteiger partial charge on any atom is 0.308 e. The van der Waals surface area contributed by atoms with E-state index in [1.54, 1.807) is 18.7 Å². The summed E-state index contributed by atoms with van der Waals surface area (Å²) in [5.74, 6) is 0.571. The molecule has 1 heterocycles. The van der Waals surface area contributed by atoms with Gasteiger partial charge in [0.2, 0.25) is 0 Å². The van der Waals surface area contributed by atoms with E-state index in [0.29, 0.717) is 0 Å². The van der Waals surface area contributed by atoms with Crippen molar-refractivity contribution in [1.82, 2.24) is 0 Å². The first kappa shape index (κ1) is 8.87. The summed E-state index contributed by atoms with van der Waals surface area (Å²) in [5, 5.41) is 8.72. The first-order valence-corrected chi connectivity index (χ1v) is 4.81. The Morgan fingerprint density at radius 3 is 2.82 bits per heavy atom. The van der Waals surface area contributed by atoms with Gasteiger partial charge in [0.15, 0.2) is 0 Å². The van der Waals surface area contributed by atoms with Crippen LogP contribution in [0.1, 0.15) is 13.3 Å². The topological polar surface area (TPSA) is 63.3 Å². The van der Waals surface area contributed by atoms with E-state index in [2.05, 4.69) is 0 Å². The van der Waals surface area contributed by atoms with Gasteiger partial charge in [-0.15, -0.1) is 0 Å². The van der Waals surface area contributed by atoms with Crippen molar-refractivity contribution < 1.29 is 9.90 Å². The molecule has 2 unspecified atom stereocenters. The number of nitrogens with two attached hydrogens (primary N) is 1. The zero-order chi connectivity index (χ0) is 8.48. The molecular formula is C7H13NO2S. The second kappa shape index (κ2) is 3.03. The Morgan fingerprint density at radius 1 is 1.82 bits per heavy atom. The number of hydrogen-bond acceptors (Lipinski definition) is 3. The minimum atomic E-state index is -0.782. The lowest BCUT2D eigenvalue weighted by Gasteiger charge is -2.26. The van der Waals surface area contributed by atoms with Gasteiger partial charge in [0.05, 0.1) is 5.92 Å². The van der Waals surface area contributed by atoms with E-state index in [-0.39, 0.29) is 0 Å². The van der Waals surface area contributed by atoms with Crippen molar-refractivity contribution in [2.24, 2.45) is 11.7 Å². The van der Waals surface area contributed by atoms with Crippen LogP contribution in [-0.2, 0) is 4.79 Å². The van der Waals surface area contributed by atoms with Gasteiger partial charge in [-0.3, -0.25) is 4.79 Å². The molecule has 0 saturated carbocycles. The molecule has 1 aliphatic rings. The van der Waals surface area contributed by atoms with Crippen LogP contribution in [0.3, 0.4) is 0 Å². The highest BCUT2D eigenvalue weighted by atomic mass is 32.2. The number of carboxylic acids is 1. The van der Waals surface area contributed by atoms with Crippen LogP contribution >= 0.6 is 11.8 Å². The predicted octanol–water partition coefficient (Wildman–Crippen LogP) is 0.542. The van der Waals surface area contributed by atoms with Crippen molar-refractivity contribution in [2.45, 2.75) is 18.9 Å². The number of rotatable bonds is 2. The average molecular weight is 175 g/mol. The van der Waals surface area contributed by atoms with Crippen LogP contribution in [0.15, 0.2) is 0 Å². The molecular weight excluding hydrogens is 162 g/mol. The smallest absolute Gasteiger partial charge is 0.308 e. The van der Waals surface area contributed by atoms with Crippen LogP contribution in [0.25, 0.3) is 0 Å². The standard InChI is InChI=1S/C7H13NO2S/c1-5(6(9)10)7(8)2-3-11-4-7/h5H,2-4,8H2,1H3,(H,9,10). The van der Waals surface area contributed by atoms with Crippen LogP contribution in [0.5, 0.6) is 0 Å². The van der Waals surface area contributed by atoms with Crippen LogP contribution in [0, 0.1) is 5.92 Å². The van der Waals surface area contributed by atoms with Gasteiger partial charge in [0.25, 0.3) is 0 Å². The molecule has 0 bridgehead atoms. The number of aliphatic carboxylic acids is 1. The number of hydrogen-bond donors (Lipinski definition) is 2. The molecule has 0 aromatic rings. The van der Waals surface area contributed by atoms with E-state index in [1.807, 2.05) is 0 Å². The Morgan fingerprint density at radius 2 is 2.45 bits per heavy atom. The largest absolute Gasteiger partial charge is 0.481 e. The third-order valence-corrected chi connectivity index (χ3v) is 3.55. The molecule has 3 N–H and O–H groups in total. The maximum absolute atomic E-state index is 10.6. The molecule has 0 radical (unpaired) electrons. The van der Waals surface area contributed by atoms with Crippen LogP contribution in [0.4, 0.5) is 0 Å². The summed E-state index contributed by atoms with van der Waals surface area (Å²) in [4.78, 5) is 10.6. The van der Waals surface area contributed by atoms with Crippen LogP contribution in [-0.4, -0.2) is 28.1 Å². The van der Waals surface area contributed by atoms with Crippen LogP contribution < -0.4 is 5.73 Å². The van der Waals surface area contributed by atoms with Gasteiger partial charge in [-0.25, -0.2) is 0 Å². The molecule has 0 aliphatic carbocycles. The summed E-state index contributed by atoms with van der Waals surface area (Å²) in [6.07, 6.45) is 0.825. The molecule has 1 fully saturated rings. The van der Waals surface area contributed by atoms with Gasteiger partial charge in [0, 0.05) is 11.3 Å². The average Bonchev–Trinajstić information content (AvgIpc) is 2.35. The van der Waals surface area contributed by atoms with Crippen molar-refractivity contribution in [1.29, 1.82) is 0 Å². The molecule has 11 heavy (non-hydrogen) atoms. The third-order valence-electron chi connectivity index (χ3n) is 2.32. The lowest BCUT2D eigenvalue weighted by molar-refractivity contribution is -0.143. The van der Waals surface area contributed by atoms with Crippen molar-refractivity contribution in [3.05, 3.63) is 0 Å². The molecule has 64 valence electrons. The van der Waals surface area contributed by atoms with Crippen molar-refractivity contribution in [2.75, 3.05) is 11.5 Å². The third kappa shape index (κ3) is 1.68. The van der Waals surface area contributed by atoms with Gasteiger partial charge >= 0.3 is 5.97 Å². The maximum atomic E-state index is 10.6. The molecule has 1 rings (SSSR count). The summed E-state index contributed by atoms with van der Waals surface area (Å²) in [5.41, 5.74) is 5.44. The SMILES string of the molecule is CC(C(=O)O)C1(N)CCSC1. The van der Waals surface area contributed by atoms with Crippen molar-refractivity contribution >= 4 is 17.7 Å². The summed E-state index contributed by atoms with van der Waals surface area (Å²) >= 11 is 1.74. The highest BCUT2D eigenvalue weighted by molar-refractivity contribution is 7.99. The summed E-state index contributed by atoms with van der Waals surface area (Å²) in [6, 6.07) is 0. The minimum Gasteiger partial charge on any atom is -0.481 e.